The zero-order chi connectivity index (χ0) is 19.1. The highest BCUT2D eigenvalue weighted by atomic mass is 19.1. The topological polar surface area (TPSA) is 76.8 Å². The molecule has 27 heavy (non-hydrogen) atoms. The molecule has 0 heterocycles. The molecule has 0 saturated heterocycles. The van der Waals surface area contributed by atoms with Gasteiger partial charge in [0.15, 0.2) is 0 Å². The molecule has 0 bridgehead atoms. The largest absolute Gasteiger partial charge is 0.489 e. The molecule has 3 aromatic carbocycles. The molecular formula is C20H16FN3O3. The summed E-state index contributed by atoms with van der Waals surface area (Å²) in [6.07, 6.45) is 1.61. The first-order valence-electron chi connectivity index (χ1n) is 8.11. The van der Waals surface area contributed by atoms with E-state index in [1.165, 1.54) is 18.2 Å². The number of halogens is 1. The Morgan fingerprint density at radius 1 is 1.04 bits per heavy atom. The van der Waals surface area contributed by atoms with E-state index >= 15 is 0 Å². The smallest absolute Gasteiger partial charge is 0.269 e. The van der Waals surface area contributed by atoms with Gasteiger partial charge >= 0.3 is 0 Å². The van der Waals surface area contributed by atoms with Crippen LogP contribution in [-0.2, 0) is 6.61 Å². The molecule has 136 valence electrons. The van der Waals surface area contributed by atoms with Gasteiger partial charge < -0.3 is 4.74 Å². The average molecular weight is 365 g/mol. The van der Waals surface area contributed by atoms with Gasteiger partial charge in [0.2, 0.25) is 0 Å². The number of hydrogen-bond donors (Lipinski definition) is 1. The van der Waals surface area contributed by atoms with Crippen molar-refractivity contribution in [3.05, 3.63) is 99.9 Å². The van der Waals surface area contributed by atoms with E-state index in [1.54, 1.807) is 48.7 Å². The third-order valence-corrected chi connectivity index (χ3v) is 3.72. The third-order valence-electron chi connectivity index (χ3n) is 3.72. The molecule has 0 atom stereocenters. The van der Waals surface area contributed by atoms with Crippen LogP contribution in [0.1, 0.15) is 11.1 Å². The number of anilines is 1. The fourth-order valence-corrected chi connectivity index (χ4v) is 2.27. The average Bonchev–Trinajstić information content (AvgIpc) is 2.69. The number of nitro groups is 1. The second kappa shape index (κ2) is 8.57. The fraction of sp³-hybridized carbons (Fsp3) is 0.0500. The molecule has 0 unspecified atom stereocenters. The van der Waals surface area contributed by atoms with Crippen LogP contribution >= 0.6 is 0 Å². The van der Waals surface area contributed by atoms with Gasteiger partial charge in [-0.15, -0.1) is 0 Å². The lowest BCUT2D eigenvalue weighted by Crippen LogP contribution is -1.98. The van der Waals surface area contributed by atoms with Gasteiger partial charge in [-0.25, -0.2) is 4.39 Å². The Kier molecular flexibility index (Phi) is 5.73. The maximum atomic E-state index is 13.6. The number of non-ortho nitro benzene ring substituents is 1. The first kappa shape index (κ1) is 18.1. The van der Waals surface area contributed by atoms with E-state index in [0.29, 0.717) is 17.0 Å². The van der Waals surface area contributed by atoms with E-state index < -0.39 is 4.92 Å². The van der Waals surface area contributed by atoms with Gasteiger partial charge in [-0.05, 0) is 48.0 Å². The lowest BCUT2D eigenvalue weighted by atomic mass is 10.2. The van der Waals surface area contributed by atoms with Crippen LogP contribution in [0.2, 0.25) is 0 Å². The number of hydrazone groups is 1. The Morgan fingerprint density at radius 3 is 2.41 bits per heavy atom. The second-order valence-electron chi connectivity index (χ2n) is 5.62. The van der Waals surface area contributed by atoms with Gasteiger partial charge in [-0.1, -0.05) is 18.2 Å². The molecule has 3 rings (SSSR count). The number of hydrogen-bond acceptors (Lipinski definition) is 5. The van der Waals surface area contributed by atoms with Crippen LogP contribution in [0.25, 0.3) is 0 Å². The van der Waals surface area contributed by atoms with Gasteiger partial charge in [0.1, 0.15) is 18.2 Å². The first-order valence-corrected chi connectivity index (χ1v) is 8.11. The summed E-state index contributed by atoms with van der Waals surface area (Å²) >= 11 is 0. The van der Waals surface area contributed by atoms with E-state index in [9.17, 15) is 14.5 Å². The van der Waals surface area contributed by atoms with E-state index in [1.807, 2.05) is 12.1 Å². The lowest BCUT2D eigenvalue weighted by Gasteiger charge is -2.07. The summed E-state index contributed by atoms with van der Waals surface area (Å²) in [5.41, 5.74) is 4.80. The third kappa shape index (κ3) is 5.12. The molecule has 6 nitrogen and oxygen atoms in total. The summed E-state index contributed by atoms with van der Waals surface area (Å²) < 4.78 is 19.1. The van der Waals surface area contributed by atoms with Crippen molar-refractivity contribution < 1.29 is 14.1 Å². The molecule has 0 amide bonds. The van der Waals surface area contributed by atoms with Crippen molar-refractivity contribution in [1.82, 2.24) is 0 Å². The highest BCUT2D eigenvalue weighted by Crippen LogP contribution is 2.16. The highest BCUT2D eigenvalue weighted by molar-refractivity contribution is 5.80. The Balaban J connectivity index is 1.53. The predicted molar refractivity (Wildman–Crippen MR) is 101 cm³/mol. The predicted octanol–water partition coefficient (Wildman–Crippen LogP) is 4.76. The normalized spacial score (nSPS) is 10.7. The first-order chi connectivity index (χ1) is 13.1. The van der Waals surface area contributed by atoms with Crippen molar-refractivity contribution in [3.63, 3.8) is 0 Å². The van der Waals surface area contributed by atoms with Crippen LogP contribution in [0.15, 0.2) is 77.9 Å². The van der Waals surface area contributed by atoms with Crippen LogP contribution in [0.4, 0.5) is 15.8 Å². The molecule has 0 fully saturated rings. The minimum absolute atomic E-state index is 0.0236. The lowest BCUT2D eigenvalue weighted by molar-refractivity contribution is -0.384. The van der Waals surface area contributed by atoms with Gasteiger partial charge in [-0.2, -0.15) is 5.10 Å². The van der Waals surface area contributed by atoms with Crippen LogP contribution in [0.3, 0.4) is 0 Å². The quantitative estimate of drug-likeness (QED) is 0.372. The summed E-state index contributed by atoms with van der Waals surface area (Å²) in [6.45, 7) is 0.155. The zero-order valence-electron chi connectivity index (χ0n) is 14.2. The molecule has 3 aromatic rings. The number of nitrogens with zero attached hydrogens (tertiary/aromatic N) is 2. The van der Waals surface area contributed by atoms with Gasteiger partial charge in [-0.3, -0.25) is 15.5 Å². The molecule has 0 aliphatic carbocycles. The Hall–Kier alpha value is -3.74. The van der Waals surface area contributed by atoms with Crippen molar-refractivity contribution in [2.45, 2.75) is 6.61 Å². The molecule has 0 radical (unpaired) electrons. The minimum atomic E-state index is -0.456. The van der Waals surface area contributed by atoms with Crippen molar-refractivity contribution in [3.8, 4) is 5.75 Å². The maximum Gasteiger partial charge on any atom is 0.269 e. The van der Waals surface area contributed by atoms with E-state index in [0.717, 1.165) is 5.56 Å². The summed E-state index contributed by atoms with van der Waals surface area (Å²) in [5, 5.41) is 14.7. The number of benzene rings is 3. The molecule has 0 aliphatic heterocycles. The van der Waals surface area contributed by atoms with Crippen LogP contribution in [0, 0.1) is 15.9 Å². The maximum absolute atomic E-state index is 13.6. The van der Waals surface area contributed by atoms with Crippen LogP contribution in [-0.4, -0.2) is 11.1 Å². The molecule has 0 aliphatic rings. The van der Waals surface area contributed by atoms with Crippen molar-refractivity contribution in [2.24, 2.45) is 5.10 Å². The molecule has 0 saturated carbocycles. The Bertz CT molecular complexity index is 941. The van der Waals surface area contributed by atoms with E-state index in [-0.39, 0.29) is 18.1 Å². The van der Waals surface area contributed by atoms with Crippen LogP contribution < -0.4 is 10.2 Å². The van der Waals surface area contributed by atoms with Crippen molar-refractivity contribution in [2.75, 3.05) is 5.43 Å². The molecule has 0 aromatic heterocycles. The van der Waals surface area contributed by atoms with Crippen molar-refractivity contribution in [1.29, 1.82) is 0 Å². The summed E-state index contributed by atoms with van der Waals surface area (Å²) in [5.74, 6) is 0.331. The second-order valence-corrected chi connectivity index (χ2v) is 5.62. The monoisotopic (exact) mass is 365 g/mol. The number of rotatable bonds is 7. The highest BCUT2D eigenvalue weighted by Gasteiger charge is 2.03. The standard InChI is InChI=1S/C20H16FN3O3/c21-20-4-2-1-3-16(20)14-27-19-11-5-15(6-12-19)13-22-23-17-7-9-18(10-8-17)24(25)26/h1-13,23H,14H2/b22-13-. The van der Waals surface area contributed by atoms with E-state index in [2.05, 4.69) is 10.5 Å². The van der Waals surface area contributed by atoms with Gasteiger partial charge in [0, 0.05) is 17.7 Å². The summed E-state index contributed by atoms with van der Waals surface area (Å²) in [4.78, 5) is 10.2. The van der Waals surface area contributed by atoms with Crippen LogP contribution in [0.5, 0.6) is 5.75 Å². The van der Waals surface area contributed by atoms with Crippen molar-refractivity contribution >= 4 is 17.6 Å². The molecular weight excluding hydrogens is 349 g/mol. The number of nitrogens with one attached hydrogen (secondary N) is 1. The Morgan fingerprint density at radius 2 is 1.74 bits per heavy atom. The fourth-order valence-electron chi connectivity index (χ4n) is 2.27. The molecule has 1 N–H and O–H groups in total. The van der Waals surface area contributed by atoms with E-state index in [4.69, 9.17) is 4.74 Å². The number of ether oxygens (including phenoxy) is 1. The SMILES string of the molecule is O=[N+]([O-])c1ccc(N/N=C\c2ccc(OCc3ccccc3F)cc2)cc1. The zero-order valence-corrected chi connectivity index (χ0v) is 14.2. The number of nitro benzene ring substituents is 1. The summed E-state index contributed by atoms with van der Waals surface area (Å²) in [6, 6.07) is 19.6. The Labute approximate surface area is 155 Å². The summed E-state index contributed by atoms with van der Waals surface area (Å²) in [7, 11) is 0. The van der Waals surface area contributed by atoms with Gasteiger partial charge in [0.25, 0.3) is 5.69 Å². The molecule has 0 spiro atoms. The minimum Gasteiger partial charge on any atom is -0.489 e. The molecule has 7 heteroatoms. The van der Waals surface area contributed by atoms with Gasteiger partial charge in [0.05, 0.1) is 16.8 Å².